The fourth-order valence-corrected chi connectivity index (χ4v) is 2.50. The zero-order valence-electron chi connectivity index (χ0n) is 15.0. The van der Waals surface area contributed by atoms with Gasteiger partial charge in [0, 0.05) is 29.8 Å². The van der Waals surface area contributed by atoms with Crippen molar-refractivity contribution in [2.45, 2.75) is 32.9 Å². The van der Waals surface area contributed by atoms with E-state index in [2.05, 4.69) is 10.6 Å². The van der Waals surface area contributed by atoms with Crippen LogP contribution in [0.3, 0.4) is 0 Å². The summed E-state index contributed by atoms with van der Waals surface area (Å²) in [6.45, 7) is 4.09. The Morgan fingerprint density at radius 1 is 1.15 bits per heavy atom. The lowest BCUT2D eigenvalue weighted by molar-refractivity contribution is -0.384. The first-order chi connectivity index (χ1) is 12.8. The first-order valence-corrected chi connectivity index (χ1v) is 8.81. The van der Waals surface area contributed by atoms with E-state index in [0.717, 1.165) is 18.1 Å². The van der Waals surface area contributed by atoms with Gasteiger partial charge in [-0.05, 0) is 43.2 Å². The van der Waals surface area contributed by atoms with Crippen LogP contribution in [0.15, 0.2) is 42.5 Å². The van der Waals surface area contributed by atoms with Crippen molar-refractivity contribution >= 4 is 29.1 Å². The van der Waals surface area contributed by atoms with Gasteiger partial charge in [-0.25, -0.2) is 0 Å². The molecule has 2 rings (SSSR count). The molecule has 142 valence electrons. The minimum Gasteiger partial charge on any atom is -0.350 e. The second kappa shape index (κ2) is 9.14. The van der Waals surface area contributed by atoms with Crippen molar-refractivity contribution in [1.82, 2.24) is 10.6 Å². The summed E-state index contributed by atoms with van der Waals surface area (Å²) in [5, 5.41) is 16.5. The molecular weight excluding hydrogens is 370 g/mol. The van der Waals surface area contributed by atoms with E-state index < -0.39 is 10.8 Å². The molecule has 27 heavy (non-hydrogen) atoms. The topological polar surface area (TPSA) is 101 Å². The number of carbonyl (C=O) groups is 2. The maximum Gasteiger partial charge on any atom is 0.288 e. The molecule has 2 amide bonds. The fraction of sp³-hybridized carbons (Fsp3) is 0.263. The molecule has 7 nitrogen and oxygen atoms in total. The number of hydrogen-bond donors (Lipinski definition) is 2. The largest absolute Gasteiger partial charge is 0.350 e. The summed E-state index contributed by atoms with van der Waals surface area (Å²) < 4.78 is 0. The van der Waals surface area contributed by atoms with Crippen LogP contribution in [-0.4, -0.2) is 22.8 Å². The molecule has 8 heteroatoms. The van der Waals surface area contributed by atoms with Crippen molar-refractivity contribution in [3.8, 4) is 0 Å². The molecule has 0 saturated carbocycles. The lowest BCUT2D eigenvalue weighted by atomic mass is 10.1. The minimum atomic E-state index is -0.640. The maximum atomic E-state index is 12.3. The molecule has 0 aliphatic heterocycles. The SMILES string of the molecule is CCC(C)NC(=O)c1cccc(CNC(=O)c2ccc(Cl)c([N+](=O)[O-])c2)c1. The van der Waals surface area contributed by atoms with Crippen LogP contribution in [-0.2, 0) is 6.54 Å². The summed E-state index contributed by atoms with van der Waals surface area (Å²) in [5.74, 6) is -0.643. The molecule has 0 aliphatic carbocycles. The van der Waals surface area contributed by atoms with Crippen molar-refractivity contribution in [2.75, 3.05) is 0 Å². The molecule has 1 unspecified atom stereocenters. The Labute approximate surface area is 161 Å². The summed E-state index contributed by atoms with van der Waals surface area (Å²) in [6.07, 6.45) is 0.828. The predicted molar refractivity (Wildman–Crippen MR) is 103 cm³/mol. The van der Waals surface area contributed by atoms with E-state index in [-0.39, 0.29) is 34.8 Å². The number of nitro groups is 1. The van der Waals surface area contributed by atoms with Crippen molar-refractivity contribution in [1.29, 1.82) is 0 Å². The van der Waals surface area contributed by atoms with E-state index in [9.17, 15) is 19.7 Å². The Bertz CT molecular complexity index is 870. The third kappa shape index (κ3) is 5.52. The number of nitrogens with zero attached hydrogens (tertiary/aromatic N) is 1. The summed E-state index contributed by atoms with van der Waals surface area (Å²) in [4.78, 5) is 34.7. The van der Waals surface area contributed by atoms with Crippen LogP contribution in [0, 0.1) is 10.1 Å². The van der Waals surface area contributed by atoms with Crippen LogP contribution in [0.2, 0.25) is 5.02 Å². The molecule has 0 heterocycles. The highest BCUT2D eigenvalue weighted by Gasteiger charge is 2.16. The lowest BCUT2D eigenvalue weighted by Gasteiger charge is -2.12. The van der Waals surface area contributed by atoms with Crippen LogP contribution in [0.25, 0.3) is 0 Å². The number of hydrogen-bond acceptors (Lipinski definition) is 4. The highest BCUT2D eigenvalue weighted by atomic mass is 35.5. The summed E-state index contributed by atoms with van der Waals surface area (Å²) in [7, 11) is 0. The molecule has 0 aliphatic rings. The Morgan fingerprint density at radius 2 is 1.85 bits per heavy atom. The summed E-state index contributed by atoms with van der Waals surface area (Å²) in [6, 6.07) is 10.9. The molecule has 1 atom stereocenters. The van der Waals surface area contributed by atoms with E-state index >= 15 is 0 Å². The molecule has 0 radical (unpaired) electrons. The van der Waals surface area contributed by atoms with Crippen LogP contribution >= 0.6 is 11.6 Å². The first-order valence-electron chi connectivity index (χ1n) is 8.43. The van der Waals surface area contributed by atoms with Gasteiger partial charge in [-0.2, -0.15) is 0 Å². The zero-order valence-corrected chi connectivity index (χ0v) is 15.7. The average Bonchev–Trinajstić information content (AvgIpc) is 2.66. The van der Waals surface area contributed by atoms with Crippen LogP contribution < -0.4 is 10.6 Å². The number of carbonyl (C=O) groups excluding carboxylic acids is 2. The average molecular weight is 390 g/mol. The monoisotopic (exact) mass is 389 g/mol. The van der Waals surface area contributed by atoms with E-state index in [1.807, 2.05) is 13.8 Å². The van der Waals surface area contributed by atoms with Crippen LogP contribution in [0.1, 0.15) is 46.5 Å². The maximum absolute atomic E-state index is 12.3. The fourth-order valence-electron chi connectivity index (χ4n) is 2.31. The van der Waals surface area contributed by atoms with E-state index in [4.69, 9.17) is 11.6 Å². The smallest absolute Gasteiger partial charge is 0.288 e. The van der Waals surface area contributed by atoms with Gasteiger partial charge in [0.25, 0.3) is 17.5 Å². The summed E-state index contributed by atoms with van der Waals surface area (Å²) >= 11 is 5.75. The molecule has 0 saturated heterocycles. The molecular formula is C19H20ClN3O4. The molecule has 2 N–H and O–H groups in total. The van der Waals surface area contributed by atoms with Crippen molar-refractivity contribution in [3.63, 3.8) is 0 Å². The van der Waals surface area contributed by atoms with Crippen molar-refractivity contribution in [2.24, 2.45) is 0 Å². The van der Waals surface area contributed by atoms with E-state index in [1.54, 1.807) is 24.3 Å². The van der Waals surface area contributed by atoms with E-state index in [1.165, 1.54) is 12.1 Å². The third-order valence-electron chi connectivity index (χ3n) is 4.04. The van der Waals surface area contributed by atoms with Gasteiger partial charge in [-0.15, -0.1) is 0 Å². The molecule has 2 aromatic rings. The van der Waals surface area contributed by atoms with Crippen molar-refractivity contribution < 1.29 is 14.5 Å². The number of rotatable bonds is 7. The molecule has 0 aromatic heterocycles. The Balaban J connectivity index is 2.05. The number of nitrogens with one attached hydrogen (secondary N) is 2. The summed E-state index contributed by atoms with van der Waals surface area (Å²) in [5.41, 5.74) is 1.05. The number of halogens is 1. The molecule has 0 bridgehead atoms. The number of nitro benzene ring substituents is 1. The number of benzene rings is 2. The van der Waals surface area contributed by atoms with E-state index in [0.29, 0.717) is 5.56 Å². The number of amides is 2. The second-order valence-electron chi connectivity index (χ2n) is 6.09. The van der Waals surface area contributed by atoms with Gasteiger partial charge in [0.2, 0.25) is 0 Å². The normalized spacial score (nSPS) is 11.5. The zero-order chi connectivity index (χ0) is 20.0. The van der Waals surface area contributed by atoms with Crippen LogP contribution in [0.5, 0.6) is 0 Å². The molecule has 2 aromatic carbocycles. The Morgan fingerprint density at radius 3 is 2.52 bits per heavy atom. The standard InChI is InChI=1S/C19H20ClN3O4/c1-3-12(2)22-19(25)14-6-4-5-13(9-14)11-21-18(24)15-7-8-16(20)17(10-15)23(26)27/h4-10,12H,3,11H2,1-2H3,(H,21,24)(H,22,25). The first kappa shape index (κ1) is 20.4. The van der Waals surface area contributed by atoms with Gasteiger partial charge in [-0.1, -0.05) is 30.7 Å². The van der Waals surface area contributed by atoms with Crippen LogP contribution in [0.4, 0.5) is 5.69 Å². The van der Waals surface area contributed by atoms with Gasteiger partial charge in [0.15, 0.2) is 0 Å². The van der Waals surface area contributed by atoms with Gasteiger partial charge in [0.05, 0.1) is 4.92 Å². The van der Waals surface area contributed by atoms with Gasteiger partial charge >= 0.3 is 0 Å². The highest BCUT2D eigenvalue weighted by molar-refractivity contribution is 6.32. The minimum absolute atomic E-state index is 0.0310. The van der Waals surface area contributed by atoms with Gasteiger partial charge in [0.1, 0.15) is 5.02 Å². The Hall–Kier alpha value is -2.93. The Kier molecular flexibility index (Phi) is 6.90. The predicted octanol–water partition coefficient (Wildman–Crippen LogP) is 3.71. The lowest BCUT2D eigenvalue weighted by Crippen LogP contribution is -2.32. The quantitative estimate of drug-likeness (QED) is 0.556. The third-order valence-corrected chi connectivity index (χ3v) is 4.36. The van der Waals surface area contributed by atoms with Gasteiger partial charge < -0.3 is 10.6 Å². The highest BCUT2D eigenvalue weighted by Crippen LogP contribution is 2.25. The second-order valence-corrected chi connectivity index (χ2v) is 6.50. The molecule has 0 spiro atoms. The van der Waals surface area contributed by atoms with Gasteiger partial charge in [-0.3, -0.25) is 19.7 Å². The molecule has 0 fully saturated rings. The van der Waals surface area contributed by atoms with Crippen molar-refractivity contribution in [3.05, 3.63) is 74.3 Å².